The van der Waals surface area contributed by atoms with Crippen molar-refractivity contribution in [2.45, 2.75) is 69.1 Å². The van der Waals surface area contributed by atoms with E-state index in [0.29, 0.717) is 37.9 Å². The maximum absolute atomic E-state index is 13.0. The summed E-state index contributed by atoms with van der Waals surface area (Å²) in [6, 6.07) is 6.73. The number of nitrogens with zero attached hydrogens (tertiary/aromatic N) is 2. The van der Waals surface area contributed by atoms with Crippen LogP contribution in [0.2, 0.25) is 0 Å². The molecule has 2 saturated carbocycles. The summed E-state index contributed by atoms with van der Waals surface area (Å²) in [7, 11) is 0. The number of amidine groups is 1. The molecule has 1 aromatic carbocycles. The third-order valence-corrected chi connectivity index (χ3v) is 9.47. The van der Waals surface area contributed by atoms with Gasteiger partial charge in [-0.05, 0) is 80.9 Å². The van der Waals surface area contributed by atoms with Gasteiger partial charge in [0.1, 0.15) is 10.6 Å². The van der Waals surface area contributed by atoms with Crippen LogP contribution in [0.4, 0.5) is 4.39 Å². The van der Waals surface area contributed by atoms with Crippen molar-refractivity contribution in [3.05, 3.63) is 35.6 Å². The molecule has 2 amide bonds. The summed E-state index contributed by atoms with van der Waals surface area (Å²) in [5, 5.41) is 3.88. The van der Waals surface area contributed by atoms with E-state index in [9.17, 15) is 14.0 Å². The standard InChI is InChI=1S/C25H32FN3O2S/c1-25(23(31)28-24(32-25)27-21-15-17-2-6-18(21)14-17)19-10-12-29(13-11-19)22(30)9-5-16-3-7-20(26)8-4-16/h3-4,7-8,17-19,21H,2,5-6,9-15H2,1H3,(H,27,28,31)/t17-,18+,21+,25?/m1/s1. The van der Waals surface area contributed by atoms with Crippen molar-refractivity contribution in [1.29, 1.82) is 0 Å². The fourth-order valence-corrected chi connectivity index (χ4v) is 7.36. The first-order valence-electron chi connectivity index (χ1n) is 12.0. The number of rotatable bonds is 5. The lowest BCUT2D eigenvalue weighted by molar-refractivity contribution is -0.132. The minimum atomic E-state index is -0.500. The second kappa shape index (κ2) is 8.81. The molecule has 1 unspecified atom stereocenters. The Morgan fingerprint density at radius 3 is 2.59 bits per heavy atom. The van der Waals surface area contributed by atoms with Gasteiger partial charge in [0.2, 0.25) is 11.8 Å². The third kappa shape index (κ3) is 4.33. The zero-order chi connectivity index (χ0) is 22.3. The normalized spacial score (nSPS) is 33.8. The number of likely N-dealkylation sites (tertiary alicyclic amines) is 1. The fourth-order valence-electron chi connectivity index (χ4n) is 6.08. The van der Waals surface area contributed by atoms with E-state index in [1.165, 1.54) is 37.8 Å². The number of carbonyl (C=O) groups excluding carboxylic acids is 2. The molecular weight excluding hydrogens is 425 g/mol. The van der Waals surface area contributed by atoms with Crippen molar-refractivity contribution in [2.75, 3.05) is 13.1 Å². The van der Waals surface area contributed by atoms with Crippen molar-refractivity contribution >= 4 is 28.7 Å². The van der Waals surface area contributed by atoms with E-state index in [-0.39, 0.29) is 23.5 Å². The first kappa shape index (κ1) is 21.9. The zero-order valence-electron chi connectivity index (χ0n) is 18.7. The quantitative estimate of drug-likeness (QED) is 0.722. The molecule has 32 heavy (non-hydrogen) atoms. The van der Waals surface area contributed by atoms with Gasteiger partial charge < -0.3 is 10.2 Å². The molecule has 1 N–H and O–H groups in total. The van der Waals surface area contributed by atoms with Gasteiger partial charge in [-0.1, -0.05) is 30.3 Å². The van der Waals surface area contributed by atoms with Crippen LogP contribution in [0.3, 0.4) is 0 Å². The topological polar surface area (TPSA) is 61.8 Å². The van der Waals surface area contributed by atoms with Crippen LogP contribution in [0.5, 0.6) is 0 Å². The number of aliphatic imine (C=N–C) groups is 1. The molecule has 2 saturated heterocycles. The maximum atomic E-state index is 13.0. The van der Waals surface area contributed by atoms with Gasteiger partial charge in [0, 0.05) is 19.5 Å². The molecule has 1 aromatic rings. The highest BCUT2D eigenvalue weighted by molar-refractivity contribution is 8.16. The average Bonchev–Trinajstić information content (AvgIpc) is 3.49. The van der Waals surface area contributed by atoms with E-state index in [4.69, 9.17) is 4.99 Å². The van der Waals surface area contributed by atoms with E-state index >= 15 is 0 Å². The van der Waals surface area contributed by atoms with E-state index in [2.05, 4.69) is 5.32 Å². The Bertz CT molecular complexity index is 912. The van der Waals surface area contributed by atoms with Gasteiger partial charge in [0.05, 0.1) is 6.04 Å². The highest BCUT2D eigenvalue weighted by atomic mass is 32.2. The molecule has 2 aliphatic heterocycles. The molecule has 5 nitrogen and oxygen atoms in total. The smallest absolute Gasteiger partial charge is 0.242 e. The van der Waals surface area contributed by atoms with Crippen molar-refractivity contribution < 1.29 is 14.0 Å². The van der Waals surface area contributed by atoms with Crippen molar-refractivity contribution in [1.82, 2.24) is 10.2 Å². The van der Waals surface area contributed by atoms with Crippen LogP contribution in [0.1, 0.15) is 57.4 Å². The Hall–Kier alpha value is -1.89. The second-order valence-corrected chi connectivity index (χ2v) is 11.6. The van der Waals surface area contributed by atoms with Gasteiger partial charge in [0.15, 0.2) is 5.17 Å². The molecule has 0 radical (unpaired) electrons. The molecule has 0 aromatic heterocycles. The number of halogens is 1. The molecule has 4 atom stereocenters. The molecule has 172 valence electrons. The van der Waals surface area contributed by atoms with Crippen molar-refractivity contribution in [3.63, 3.8) is 0 Å². The summed E-state index contributed by atoms with van der Waals surface area (Å²) in [6.45, 7) is 3.43. The summed E-state index contributed by atoms with van der Waals surface area (Å²) in [4.78, 5) is 32.5. The minimum Gasteiger partial charge on any atom is -0.343 e. The second-order valence-electron chi connectivity index (χ2n) is 10.1. The van der Waals surface area contributed by atoms with Gasteiger partial charge >= 0.3 is 0 Å². The monoisotopic (exact) mass is 457 g/mol. The number of hydrogen-bond acceptors (Lipinski definition) is 4. The molecule has 0 spiro atoms. The van der Waals surface area contributed by atoms with Crippen LogP contribution >= 0.6 is 11.8 Å². The van der Waals surface area contributed by atoms with Gasteiger partial charge in [-0.25, -0.2) is 4.39 Å². The van der Waals surface area contributed by atoms with E-state index in [1.54, 1.807) is 23.9 Å². The lowest BCUT2D eigenvalue weighted by Crippen LogP contribution is -2.47. The summed E-state index contributed by atoms with van der Waals surface area (Å²) >= 11 is 1.62. The summed E-state index contributed by atoms with van der Waals surface area (Å²) in [5.41, 5.74) is 0.975. The Labute approximate surface area is 193 Å². The largest absolute Gasteiger partial charge is 0.343 e. The van der Waals surface area contributed by atoms with E-state index < -0.39 is 4.75 Å². The van der Waals surface area contributed by atoms with E-state index in [1.807, 2.05) is 11.8 Å². The van der Waals surface area contributed by atoms with Crippen molar-refractivity contribution in [2.24, 2.45) is 22.7 Å². The average molecular weight is 458 g/mol. The van der Waals surface area contributed by atoms with Gasteiger partial charge in [-0.3, -0.25) is 14.6 Å². The number of carbonyl (C=O) groups is 2. The molecule has 4 fully saturated rings. The lowest BCUT2D eigenvalue weighted by Gasteiger charge is -2.38. The Balaban J connectivity index is 1.13. The van der Waals surface area contributed by atoms with E-state index in [0.717, 1.165) is 29.5 Å². The highest BCUT2D eigenvalue weighted by Gasteiger charge is 2.50. The maximum Gasteiger partial charge on any atom is 0.242 e. The minimum absolute atomic E-state index is 0.0745. The first-order chi connectivity index (χ1) is 15.4. The fraction of sp³-hybridized carbons (Fsp3) is 0.640. The number of piperidine rings is 1. The number of amides is 2. The zero-order valence-corrected chi connectivity index (χ0v) is 19.5. The Kier molecular flexibility index (Phi) is 6.03. The van der Waals surface area contributed by atoms with Crippen LogP contribution in [-0.2, 0) is 16.0 Å². The molecule has 4 aliphatic rings. The predicted octanol–water partition coefficient (Wildman–Crippen LogP) is 4.16. The van der Waals surface area contributed by atoms with Crippen molar-refractivity contribution in [3.8, 4) is 0 Å². The summed E-state index contributed by atoms with van der Waals surface area (Å²) in [6.07, 6.45) is 7.85. The molecular formula is C25H32FN3O2S. The van der Waals surface area contributed by atoms with Crippen LogP contribution in [0.25, 0.3) is 0 Å². The number of benzene rings is 1. The van der Waals surface area contributed by atoms with Crippen LogP contribution in [0, 0.1) is 23.6 Å². The Morgan fingerprint density at radius 2 is 1.94 bits per heavy atom. The predicted molar refractivity (Wildman–Crippen MR) is 125 cm³/mol. The van der Waals surface area contributed by atoms with Crippen LogP contribution in [-0.4, -0.2) is 45.8 Å². The molecule has 2 heterocycles. The third-order valence-electron chi connectivity index (χ3n) is 8.13. The molecule has 7 heteroatoms. The van der Waals surface area contributed by atoms with Gasteiger partial charge in [-0.15, -0.1) is 0 Å². The lowest BCUT2D eigenvalue weighted by atomic mass is 9.84. The number of hydrogen-bond donors (Lipinski definition) is 1. The molecule has 5 rings (SSSR count). The molecule has 2 bridgehead atoms. The SMILES string of the molecule is CC1(C2CCN(C(=O)CCc3ccc(F)cc3)CC2)SC(=N[C@H]2C[C@@H]3CC[C@H]2C3)NC1=O. The number of nitrogens with one attached hydrogen (secondary N) is 1. The highest BCUT2D eigenvalue weighted by Crippen LogP contribution is 2.48. The first-order valence-corrected chi connectivity index (χ1v) is 12.8. The molecule has 2 aliphatic carbocycles. The number of fused-ring (bicyclic) bond motifs is 2. The summed E-state index contributed by atoms with van der Waals surface area (Å²) < 4.78 is 12.5. The van der Waals surface area contributed by atoms with Gasteiger partial charge in [0.25, 0.3) is 0 Å². The van der Waals surface area contributed by atoms with Crippen LogP contribution < -0.4 is 5.32 Å². The summed E-state index contributed by atoms with van der Waals surface area (Å²) in [5.74, 6) is 1.74. The Morgan fingerprint density at radius 1 is 1.19 bits per heavy atom. The van der Waals surface area contributed by atoms with Crippen LogP contribution in [0.15, 0.2) is 29.3 Å². The van der Waals surface area contributed by atoms with Gasteiger partial charge in [-0.2, -0.15) is 0 Å². The number of thioether (sulfide) groups is 1. The number of aryl methyl sites for hydroxylation is 1.